The fourth-order valence-electron chi connectivity index (χ4n) is 3.11. The van der Waals surface area contributed by atoms with E-state index in [1.807, 2.05) is 0 Å². The van der Waals surface area contributed by atoms with Crippen molar-refractivity contribution in [3.8, 4) is 0 Å². The van der Waals surface area contributed by atoms with E-state index in [1.165, 1.54) is 96.3 Å². The summed E-state index contributed by atoms with van der Waals surface area (Å²) in [5, 5.41) is 0. The molecule has 0 rings (SSSR count). The van der Waals surface area contributed by atoms with Crippen LogP contribution in [0.25, 0.3) is 0 Å². The predicted molar refractivity (Wildman–Crippen MR) is 99.9 cm³/mol. The van der Waals surface area contributed by atoms with Crippen LogP contribution in [0.3, 0.4) is 0 Å². The lowest BCUT2D eigenvalue weighted by atomic mass is 10.0. The molecule has 2 nitrogen and oxygen atoms in total. The Kier molecular flexibility index (Phi) is 20.7. The number of carbonyl (C=O) groups is 2. The molecule has 0 saturated carbocycles. The van der Waals surface area contributed by atoms with Gasteiger partial charge >= 0.3 is 0 Å². The number of hydrogen-bond acceptors (Lipinski definition) is 2. The van der Waals surface area contributed by atoms with E-state index in [1.54, 1.807) is 0 Å². The van der Waals surface area contributed by atoms with Gasteiger partial charge in [-0.3, -0.25) is 0 Å². The van der Waals surface area contributed by atoms with Crippen molar-refractivity contribution in [2.24, 2.45) is 0 Å². The molecule has 0 aliphatic rings. The van der Waals surface area contributed by atoms with Gasteiger partial charge in [-0.15, -0.1) is 0 Å². The third-order valence-electron chi connectivity index (χ3n) is 4.64. The molecule has 2 heteroatoms. The summed E-state index contributed by atoms with van der Waals surface area (Å²) in [6, 6.07) is 0. The Balaban J connectivity index is 2.94. The van der Waals surface area contributed by atoms with Crippen LogP contribution < -0.4 is 0 Å². The summed E-state index contributed by atoms with van der Waals surface area (Å²) < 4.78 is 0. The normalized spacial score (nSPS) is 10.8. The Hall–Kier alpha value is -0.660. The van der Waals surface area contributed by atoms with E-state index in [0.717, 1.165) is 38.3 Å². The zero-order valence-electron chi connectivity index (χ0n) is 15.4. The molecule has 0 N–H and O–H groups in total. The molecule has 0 spiro atoms. The number of unbranched alkanes of at least 4 members (excludes halogenated alkanes) is 18. The second kappa shape index (κ2) is 21.3. The highest BCUT2D eigenvalue weighted by molar-refractivity contribution is 5.49. The van der Waals surface area contributed by atoms with Crippen LogP contribution in [-0.4, -0.2) is 12.6 Å². The lowest BCUT2D eigenvalue weighted by Gasteiger charge is -2.03. The molecule has 0 aliphatic carbocycles. The summed E-state index contributed by atoms with van der Waals surface area (Å²) in [6.07, 6.45) is 26.1. The number of aldehydes is 2. The second-order valence-corrected chi connectivity index (χ2v) is 6.92. The van der Waals surface area contributed by atoms with Gasteiger partial charge < -0.3 is 9.59 Å². The van der Waals surface area contributed by atoms with E-state index in [4.69, 9.17) is 0 Å². The van der Waals surface area contributed by atoms with Gasteiger partial charge in [-0.05, 0) is 12.8 Å². The highest BCUT2D eigenvalue weighted by atomic mass is 16.1. The second-order valence-electron chi connectivity index (χ2n) is 6.92. The molecular formula is C21H40O2. The minimum Gasteiger partial charge on any atom is -0.303 e. The van der Waals surface area contributed by atoms with Crippen LogP contribution in [-0.2, 0) is 9.59 Å². The molecule has 0 aliphatic heterocycles. The van der Waals surface area contributed by atoms with Crippen molar-refractivity contribution in [1.29, 1.82) is 0 Å². The lowest BCUT2D eigenvalue weighted by Crippen LogP contribution is -1.84. The summed E-state index contributed by atoms with van der Waals surface area (Å²) >= 11 is 0. The first-order valence-electron chi connectivity index (χ1n) is 10.3. The number of rotatable bonds is 20. The summed E-state index contributed by atoms with van der Waals surface area (Å²) in [6.45, 7) is 0. The first kappa shape index (κ1) is 22.3. The van der Waals surface area contributed by atoms with E-state index in [2.05, 4.69) is 0 Å². The molecule has 0 radical (unpaired) electrons. The molecule has 23 heavy (non-hydrogen) atoms. The highest BCUT2D eigenvalue weighted by Gasteiger charge is 1.95. The third-order valence-corrected chi connectivity index (χ3v) is 4.64. The Labute approximate surface area is 144 Å². The van der Waals surface area contributed by atoms with Crippen LogP contribution in [0, 0.1) is 0 Å². The Bertz CT molecular complexity index is 214. The quantitative estimate of drug-likeness (QED) is 0.182. The molecule has 0 unspecified atom stereocenters. The topological polar surface area (TPSA) is 34.1 Å². The van der Waals surface area contributed by atoms with Crippen molar-refractivity contribution in [3.05, 3.63) is 0 Å². The van der Waals surface area contributed by atoms with Gasteiger partial charge in [0.2, 0.25) is 0 Å². The van der Waals surface area contributed by atoms with E-state index in [-0.39, 0.29) is 0 Å². The van der Waals surface area contributed by atoms with Gasteiger partial charge in [0.1, 0.15) is 12.6 Å². The maximum atomic E-state index is 10.2. The predicted octanol–water partition coefficient (Wildman–Crippen LogP) is 6.80. The zero-order chi connectivity index (χ0) is 16.8. The summed E-state index contributed by atoms with van der Waals surface area (Å²) in [5.41, 5.74) is 0. The molecule has 0 heterocycles. The molecule has 0 amide bonds. The Morgan fingerprint density at radius 2 is 0.478 bits per heavy atom. The maximum Gasteiger partial charge on any atom is 0.119 e. The molecule has 0 aromatic rings. The van der Waals surface area contributed by atoms with Crippen molar-refractivity contribution < 1.29 is 9.59 Å². The molecule has 0 bridgehead atoms. The maximum absolute atomic E-state index is 10.2. The van der Waals surface area contributed by atoms with Crippen molar-refractivity contribution >= 4 is 12.6 Å². The number of carbonyl (C=O) groups excluding carboxylic acids is 2. The van der Waals surface area contributed by atoms with Gasteiger partial charge in [-0.1, -0.05) is 96.3 Å². The molecule has 0 aromatic carbocycles. The molecular weight excluding hydrogens is 284 g/mol. The SMILES string of the molecule is O=CCCCCCCCCCCCCCCCCCCCC=O. The van der Waals surface area contributed by atoms with Crippen molar-refractivity contribution in [2.45, 2.75) is 122 Å². The Morgan fingerprint density at radius 1 is 0.304 bits per heavy atom. The number of hydrogen-bond donors (Lipinski definition) is 0. The van der Waals surface area contributed by atoms with Crippen LogP contribution in [0.1, 0.15) is 122 Å². The summed E-state index contributed by atoms with van der Waals surface area (Å²) in [4.78, 5) is 20.4. The molecule has 0 atom stereocenters. The smallest absolute Gasteiger partial charge is 0.119 e. The first-order chi connectivity index (χ1) is 11.4. The molecule has 0 saturated heterocycles. The van der Waals surface area contributed by atoms with Crippen molar-refractivity contribution in [1.82, 2.24) is 0 Å². The van der Waals surface area contributed by atoms with Crippen LogP contribution in [0.15, 0.2) is 0 Å². The molecule has 0 aromatic heterocycles. The first-order valence-corrected chi connectivity index (χ1v) is 10.3. The van der Waals surface area contributed by atoms with E-state index in [0.29, 0.717) is 0 Å². The largest absolute Gasteiger partial charge is 0.303 e. The van der Waals surface area contributed by atoms with Gasteiger partial charge in [0.05, 0.1) is 0 Å². The van der Waals surface area contributed by atoms with Crippen molar-refractivity contribution in [2.75, 3.05) is 0 Å². The van der Waals surface area contributed by atoms with Crippen LogP contribution in [0.2, 0.25) is 0 Å². The summed E-state index contributed by atoms with van der Waals surface area (Å²) in [5.74, 6) is 0. The van der Waals surface area contributed by atoms with Crippen LogP contribution >= 0.6 is 0 Å². The molecule has 0 fully saturated rings. The van der Waals surface area contributed by atoms with Gasteiger partial charge in [0.15, 0.2) is 0 Å². The van der Waals surface area contributed by atoms with E-state index in [9.17, 15) is 9.59 Å². The highest BCUT2D eigenvalue weighted by Crippen LogP contribution is 2.14. The third kappa shape index (κ3) is 21.3. The zero-order valence-corrected chi connectivity index (χ0v) is 15.4. The Morgan fingerprint density at radius 3 is 0.652 bits per heavy atom. The van der Waals surface area contributed by atoms with Gasteiger partial charge in [-0.25, -0.2) is 0 Å². The fourth-order valence-corrected chi connectivity index (χ4v) is 3.11. The van der Waals surface area contributed by atoms with Crippen molar-refractivity contribution in [3.63, 3.8) is 0 Å². The minimum absolute atomic E-state index is 0.750. The minimum atomic E-state index is 0.750. The molecule has 136 valence electrons. The van der Waals surface area contributed by atoms with Crippen LogP contribution in [0.4, 0.5) is 0 Å². The van der Waals surface area contributed by atoms with Gasteiger partial charge in [0, 0.05) is 12.8 Å². The average molecular weight is 325 g/mol. The standard InChI is InChI=1S/C21H40O2/c22-20-18-16-14-12-10-8-6-4-2-1-3-5-7-9-11-13-15-17-19-21-23/h20-21H,1-19H2. The summed E-state index contributed by atoms with van der Waals surface area (Å²) in [7, 11) is 0. The van der Waals surface area contributed by atoms with E-state index >= 15 is 0 Å². The lowest BCUT2D eigenvalue weighted by molar-refractivity contribution is -0.108. The van der Waals surface area contributed by atoms with Gasteiger partial charge in [0.25, 0.3) is 0 Å². The van der Waals surface area contributed by atoms with Gasteiger partial charge in [-0.2, -0.15) is 0 Å². The van der Waals surface area contributed by atoms with E-state index < -0.39 is 0 Å². The fraction of sp³-hybridized carbons (Fsp3) is 0.905. The van der Waals surface area contributed by atoms with Crippen LogP contribution in [0.5, 0.6) is 0 Å². The monoisotopic (exact) mass is 324 g/mol. The average Bonchev–Trinajstić information content (AvgIpc) is 2.57.